The quantitative estimate of drug-likeness (QED) is 0.257. The monoisotopic (exact) mass is 536 g/mol. The van der Waals surface area contributed by atoms with Gasteiger partial charge in [0.2, 0.25) is 0 Å². The number of carbonyl (C=O) groups is 1. The number of fused-ring (bicyclic) bond motifs is 4. The van der Waals surface area contributed by atoms with Crippen LogP contribution in [-0.4, -0.2) is 37.0 Å². The van der Waals surface area contributed by atoms with Crippen LogP contribution in [0.25, 0.3) is 0 Å². The van der Waals surface area contributed by atoms with Crippen molar-refractivity contribution >= 4 is 5.97 Å². The minimum atomic E-state index is -0.268. The Kier molecular flexibility index (Phi) is 8.65. The summed E-state index contributed by atoms with van der Waals surface area (Å²) in [6.07, 6.45) is 12.2. The Balaban J connectivity index is 1.27. The lowest BCUT2D eigenvalue weighted by Crippen LogP contribution is -2.49. The van der Waals surface area contributed by atoms with Gasteiger partial charge >= 0.3 is 5.97 Å². The highest BCUT2D eigenvalue weighted by atomic mass is 16.5. The lowest BCUT2D eigenvalue weighted by molar-refractivity contribution is -0.0503. The summed E-state index contributed by atoms with van der Waals surface area (Å²) in [7, 11) is 1.80. The number of methoxy groups -OCH3 is 1. The Labute approximate surface area is 236 Å². The van der Waals surface area contributed by atoms with Gasteiger partial charge in [0.15, 0.2) is 0 Å². The Morgan fingerprint density at radius 1 is 1.05 bits per heavy atom. The van der Waals surface area contributed by atoms with E-state index in [-0.39, 0.29) is 29.0 Å². The van der Waals surface area contributed by atoms with Crippen LogP contribution in [0, 0.1) is 40.4 Å². The van der Waals surface area contributed by atoms with Crippen LogP contribution in [-0.2, 0) is 9.47 Å². The molecule has 39 heavy (non-hydrogen) atoms. The normalized spacial score (nSPS) is 37.4. The van der Waals surface area contributed by atoms with Gasteiger partial charge in [0, 0.05) is 13.7 Å². The maximum Gasteiger partial charge on any atom is 0.338 e. The number of rotatable bonds is 9. The van der Waals surface area contributed by atoms with Crippen molar-refractivity contribution in [1.29, 1.82) is 0 Å². The molecule has 3 saturated carbocycles. The molecule has 0 saturated heterocycles. The molecule has 5 rings (SSSR count). The summed E-state index contributed by atoms with van der Waals surface area (Å²) in [6.45, 7) is 10.6. The highest BCUT2D eigenvalue weighted by Crippen LogP contribution is 2.66. The topological polar surface area (TPSA) is 55.8 Å². The molecule has 4 aliphatic rings. The van der Waals surface area contributed by atoms with Crippen molar-refractivity contribution in [3.63, 3.8) is 0 Å². The zero-order chi connectivity index (χ0) is 27.8. The maximum atomic E-state index is 12.7. The van der Waals surface area contributed by atoms with Crippen LogP contribution in [0.3, 0.4) is 0 Å². The highest BCUT2D eigenvalue weighted by molar-refractivity contribution is 5.89. The summed E-state index contributed by atoms with van der Waals surface area (Å²) >= 11 is 0. The Morgan fingerprint density at radius 2 is 1.82 bits per heavy atom. The number of esters is 1. The summed E-state index contributed by atoms with van der Waals surface area (Å²) < 4.78 is 11.4. The van der Waals surface area contributed by atoms with E-state index in [1.807, 2.05) is 30.3 Å². The highest BCUT2D eigenvalue weighted by Gasteiger charge is 2.58. The zero-order valence-electron chi connectivity index (χ0n) is 25.1. The molecular weight excluding hydrogens is 484 g/mol. The first-order chi connectivity index (χ1) is 18.7. The third-order valence-corrected chi connectivity index (χ3v) is 11.8. The molecule has 9 atom stereocenters. The molecule has 0 radical (unpaired) electrons. The standard InChI is InChI=1S/C35H52O4/c1-23(22-38-5)10-9-11-24(2)30-21-31(36)32-28-15-14-26-20-27(39-33(37)25-12-7-6-8-13-25)16-18-34(26,3)29(28)17-19-35(30,32)4/h6-8,12-13,23-24,26-27,29-31,36H,9-11,14-22H2,1-5H3/t23?,24-,26?,27?,29+,30-,31?,34+,35-/m1/s1. The largest absolute Gasteiger partial charge is 0.459 e. The first-order valence-corrected chi connectivity index (χ1v) is 15.8. The molecule has 0 bridgehead atoms. The first kappa shape index (κ1) is 28.9. The van der Waals surface area contributed by atoms with Crippen LogP contribution in [0.5, 0.6) is 0 Å². The summed E-state index contributed by atoms with van der Waals surface area (Å²) in [5.74, 6) is 2.80. The zero-order valence-corrected chi connectivity index (χ0v) is 25.1. The average molecular weight is 537 g/mol. The van der Waals surface area contributed by atoms with Crippen LogP contribution in [0.15, 0.2) is 41.5 Å². The minimum Gasteiger partial charge on any atom is -0.459 e. The van der Waals surface area contributed by atoms with E-state index < -0.39 is 0 Å². The fraction of sp³-hybridized carbons (Fsp3) is 0.743. The predicted octanol–water partition coefficient (Wildman–Crippen LogP) is 7.99. The molecule has 4 unspecified atom stereocenters. The first-order valence-electron chi connectivity index (χ1n) is 15.8. The van der Waals surface area contributed by atoms with E-state index in [0.29, 0.717) is 35.2 Å². The fourth-order valence-corrected chi connectivity index (χ4v) is 9.68. The number of hydrogen-bond donors (Lipinski definition) is 1. The lowest BCUT2D eigenvalue weighted by atomic mass is 9.48. The predicted molar refractivity (Wildman–Crippen MR) is 156 cm³/mol. The second-order valence-corrected chi connectivity index (χ2v) is 14.2. The number of allylic oxidation sites excluding steroid dienone is 1. The molecule has 0 spiro atoms. The van der Waals surface area contributed by atoms with Crippen molar-refractivity contribution in [1.82, 2.24) is 0 Å². The molecular formula is C35H52O4. The van der Waals surface area contributed by atoms with Crippen molar-refractivity contribution in [2.24, 2.45) is 40.4 Å². The van der Waals surface area contributed by atoms with Crippen LogP contribution in [0.1, 0.15) is 109 Å². The smallest absolute Gasteiger partial charge is 0.338 e. The van der Waals surface area contributed by atoms with Crippen molar-refractivity contribution in [2.75, 3.05) is 13.7 Å². The van der Waals surface area contributed by atoms with Gasteiger partial charge in [-0.1, -0.05) is 64.3 Å². The van der Waals surface area contributed by atoms with Gasteiger partial charge in [-0.15, -0.1) is 0 Å². The third kappa shape index (κ3) is 5.49. The lowest BCUT2D eigenvalue weighted by Gasteiger charge is -2.57. The van der Waals surface area contributed by atoms with E-state index in [1.54, 1.807) is 12.7 Å². The second-order valence-electron chi connectivity index (χ2n) is 14.2. The summed E-state index contributed by atoms with van der Waals surface area (Å²) in [4.78, 5) is 12.7. The van der Waals surface area contributed by atoms with Gasteiger partial charge in [0.25, 0.3) is 0 Å². The van der Waals surface area contributed by atoms with Crippen molar-refractivity contribution in [2.45, 2.75) is 111 Å². The van der Waals surface area contributed by atoms with E-state index in [9.17, 15) is 9.90 Å². The fourth-order valence-electron chi connectivity index (χ4n) is 9.68. The average Bonchev–Trinajstić information content (AvgIpc) is 3.20. The molecule has 4 heteroatoms. The van der Waals surface area contributed by atoms with Gasteiger partial charge in [-0.25, -0.2) is 4.79 Å². The minimum absolute atomic E-state index is 0.0211. The van der Waals surface area contributed by atoms with Crippen LogP contribution in [0.2, 0.25) is 0 Å². The van der Waals surface area contributed by atoms with E-state index in [4.69, 9.17) is 9.47 Å². The van der Waals surface area contributed by atoms with E-state index in [0.717, 1.165) is 45.1 Å². The van der Waals surface area contributed by atoms with Gasteiger partial charge in [-0.3, -0.25) is 0 Å². The number of aliphatic hydroxyl groups is 1. The molecule has 216 valence electrons. The van der Waals surface area contributed by atoms with Crippen LogP contribution >= 0.6 is 0 Å². The molecule has 4 aliphatic carbocycles. The number of hydrogen-bond acceptors (Lipinski definition) is 4. The van der Waals surface area contributed by atoms with E-state index in [2.05, 4.69) is 27.7 Å². The van der Waals surface area contributed by atoms with Gasteiger partial charge in [-0.05, 0) is 116 Å². The molecule has 0 aromatic heterocycles. The van der Waals surface area contributed by atoms with Crippen LogP contribution < -0.4 is 0 Å². The molecule has 0 amide bonds. The number of ether oxygens (including phenoxy) is 2. The van der Waals surface area contributed by atoms with Gasteiger partial charge in [0.1, 0.15) is 6.10 Å². The molecule has 3 fully saturated rings. The molecule has 0 aliphatic heterocycles. The van der Waals surface area contributed by atoms with E-state index >= 15 is 0 Å². The third-order valence-electron chi connectivity index (χ3n) is 11.8. The van der Waals surface area contributed by atoms with Gasteiger partial charge in [-0.2, -0.15) is 0 Å². The van der Waals surface area contributed by atoms with Crippen molar-refractivity contribution < 1.29 is 19.4 Å². The summed E-state index contributed by atoms with van der Waals surface area (Å²) in [6, 6.07) is 9.41. The number of carbonyl (C=O) groups excluding carboxylic acids is 1. The van der Waals surface area contributed by atoms with Crippen LogP contribution in [0.4, 0.5) is 0 Å². The number of benzene rings is 1. The Morgan fingerprint density at radius 3 is 2.56 bits per heavy atom. The summed E-state index contributed by atoms with van der Waals surface area (Å²) in [5.41, 5.74) is 4.11. The molecule has 0 heterocycles. The summed E-state index contributed by atoms with van der Waals surface area (Å²) in [5, 5.41) is 11.5. The molecule has 1 aromatic carbocycles. The maximum absolute atomic E-state index is 12.7. The van der Waals surface area contributed by atoms with Gasteiger partial charge < -0.3 is 14.6 Å². The second kappa shape index (κ2) is 11.7. The Hall–Kier alpha value is -1.65. The molecule has 1 N–H and O–H groups in total. The van der Waals surface area contributed by atoms with Crippen molar-refractivity contribution in [3.05, 3.63) is 47.0 Å². The molecule has 4 nitrogen and oxygen atoms in total. The van der Waals surface area contributed by atoms with Gasteiger partial charge in [0.05, 0.1) is 11.7 Å². The van der Waals surface area contributed by atoms with Crippen molar-refractivity contribution in [3.8, 4) is 0 Å². The number of aliphatic hydroxyl groups excluding tert-OH is 1. The SMILES string of the molecule is COCC(C)CCC[C@@H](C)[C@H]1CC(O)C2=C3CCC4CC(OC(=O)c5ccccc5)CC[C@]4(C)[C@H]3CC[C@@]21C. The van der Waals surface area contributed by atoms with E-state index in [1.165, 1.54) is 37.7 Å². The Bertz CT molecular complexity index is 1030. The molecule has 1 aromatic rings.